The fourth-order valence-electron chi connectivity index (χ4n) is 4.45. The van der Waals surface area contributed by atoms with Gasteiger partial charge in [0, 0.05) is 22.8 Å². The molecule has 4 heterocycles. The minimum absolute atomic E-state index is 0.315. The van der Waals surface area contributed by atoms with Crippen LogP contribution >= 0.6 is 11.3 Å². The molecule has 4 aromatic heterocycles. The van der Waals surface area contributed by atoms with Gasteiger partial charge < -0.3 is 0 Å². The molecule has 0 spiro atoms. The van der Waals surface area contributed by atoms with E-state index < -0.39 is 5.91 Å². The van der Waals surface area contributed by atoms with Crippen molar-refractivity contribution in [3.8, 4) is 11.3 Å². The van der Waals surface area contributed by atoms with Gasteiger partial charge in [0.15, 0.2) is 5.65 Å². The SMILES string of the molecule is O=C(NNC(=O)c1cc(-c2ccccc2)nc2c1cnn2Cc1ccncc1)c1cc2c(s1)CCC2. The Balaban J connectivity index is 1.32. The molecule has 0 aliphatic heterocycles. The fourth-order valence-corrected chi connectivity index (χ4v) is 5.60. The number of hydrazine groups is 1. The molecule has 9 heteroatoms. The van der Waals surface area contributed by atoms with Crippen molar-refractivity contribution >= 4 is 34.2 Å². The molecule has 6 rings (SSSR count). The van der Waals surface area contributed by atoms with Crippen LogP contribution in [-0.4, -0.2) is 31.6 Å². The van der Waals surface area contributed by atoms with Gasteiger partial charge in [0.25, 0.3) is 11.8 Å². The Kier molecular flexibility index (Phi) is 5.74. The zero-order valence-electron chi connectivity index (χ0n) is 19.3. The molecule has 8 nitrogen and oxygen atoms in total. The normalized spacial score (nSPS) is 12.4. The van der Waals surface area contributed by atoms with Gasteiger partial charge in [-0.3, -0.25) is 25.4 Å². The van der Waals surface area contributed by atoms with E-state index in [0.717, 1.165) is 30.4 Å². The van der Waals surface area contributed by atoms with Crippen molar-refractivity contribution in [3.05, 3.63) is 99.6 Å². The molecule has 5 aromatic rings. The summed E-state index contributed by atoms with van der Waals surface area (Å²) < 4.78 is 1.76. The number of fused-ring (bicyclic) bond motifs is 2. The lowest BCUT2D eigenvalue weighted by molar-refractivity contribution is 0.0850. The van der Waals surface area contributed by atoms with E-state index in [1.165, 1.54) is 21.8 Å². The molecule has 2 amide bonds. The highest BCUT2D eigenvalue weighted by atomic mass is 32.1. The first-order valence-corrected chi connectivity index (χ1v) is 12.5. The largest absolute Gasteiger partial charge is 0.279 e. The van der Waals surface area contributed by atoms with Gasteiger partial charge in [-0.2, -0.15) is 5.10 Å². The summed E-state index contributed by atoms with van der Waals surface area (Å²) in [5.74, 6) is -0.745. The summed E-state index contributed by atoms with van der Waals surface area (Å²) in [4.78, 5) is 36.8. The number of carbonyl (C=O) groups excluding carboxylic acids is 2. The average molecular weight is 495 g/mol. The van der Waals surface area contributed by atoms with Gasteiger partial charge in [-0.15, -0.1) is 11.3 Å². The Bertz CT molecular complexity index is 1550. The minimum Gasteiger partial charge on any atom is -0.267 e. The first kappa shape index (κ1) is 22.1. The van der Waals surface area contributed by atoms with E-state index in [-0.39, 0.29) is 5.91 Å². The number of aryl methyl sites for hydroxylation is 2. The number of thiophene rings is 1. The quantitative estimate of drug-likeness (QED) is 0.357. The highest BCUT2D eigenvalue weighted by Gasteiger charge is 2.21. The van der Waals surface area contributed by atoms with Gasteiger partial charge in [0.2, 0.25) is 0 Å². The van der Waals surface area contributed by atoms with E-state index in [9.17, 15) is 9.59 Å². The van der Waals surface area contributed by atoms with Crippen molar-refractivity contribution in [1.29, 1.82) is 0 Å². The standard InChI is InChI=1S/C27H22N6O2S/c34-26(31-32-27(35)24-13-19-7-4-8-23(19)36-24)20-14-22(18-5-2-1-3-6-18)30-25-21(20)15-29-33(25)16-17-9-11-28-12-10-17/h1-3,5-6,9-15H,4,7-8,16H2,(H,31,34)(H,32,35). The second kappa shape index (κ2) is 9.35. The van der Waals surface area contributed by atoms with Gasteiger partial charge in [0.05, 0.1) is 34.3 Å². The van der Waals surface area contributed by atoms with Crippen molar-refractivity contribution in [2.75, 3.05) is 0 Å². The summed E-state index contributed by atoms with van der Waals surface area (Å²) in [6.45, 7) is 0.484. The molecular formula is C27H22N6O2S. The lowest BCUT2D eigenvalue weighted by atomic mass is 10.1. The van der Waals surface area contributed by atoms with E-state index in [1.54, 1.807) is 29.3 Å². The van der Waals surface area contributed by atoms with Crippen LogP contribution in [0.3, 0.4) is 0 Å². The van der Waals surface area contributed by atoms with Crippen LogP contribution in [-0.2, 0) is 19.4 Å². The van der Waals surface area contributed by atoms with Gasteiger partial charge in [-0.1, -0.05) is 30.3 Å². The third kappa shape index (κ3) is 4.25. The third-order valence-electron chi connectivity index (χ3n) is 6.27. The Labute approximate surface area is 211 Å². The maximum atomic E-state index is 13.3. The predicted molar refractivity (Wildman–Crippen MR) is 138 cm³/mol. The molecule has 36 heavy (non-hydrogen) atoms. The number of hydrogen-bond donors (Lipinski definition) is 2. The number of aromatic nitrogens is 4. The lowest BCUT2D eigenvalue weighted by Gasteiger charge is -2.10. The van der Waals surface area contributed by atoms with Crippen molar-refractivity contribution < 1.29 is 9.59 Å². The molecule has 1 aliphatic rings. The number of amides is 2. The van der Waals surface area contributed by atoms with Crippen molar-refractivity contribution in [2.24, 2.45) is 0 Å². The van der Waals surface area contributed by atoms with E-state index in [1.807, 2.05) is 48.5 Å². The Hall–Kier alpha value is -4.37. The van der Waals surface area contributed by atoms with Crippen molar-refractivity contribution in [2.45, 2.75) is 25.8 Å². The molecule has 0 bridgehead atoms. The van der Waals surface area contributed by atoms with E-state index in [2.05, 4.69) is 20.9 Å². The van der Waals surface area contributed by atoms with Gasteiger partial charge >= 0.3 is 0 Å². The molecule has 0 saturated carbocycles. The smallest absolute Gasteiger partial charge is 0.267 e. The number of rotatable bonds is 5. The molecule has 1 aliphatic carbocycles. The number of carbonyl (C=O) groups is 2. The van der Waals surface area contributed by atoms with Crippen LogP contribution in [0.5, 0.6) is 0 Å². The zero-order chi connectivity index (χ0) is 24.5. The third-order valence-corrected chi connectivity index (χ3v) is 7.50. The summed E-state index contributed by atoms with van der Waals surface area (Å²) in [6.07, 6.45) is 8.25. The summed E-state index contributed by atoms with van der Waals surface area (Å²) in [6, 6.07) is 17.2. The zero-order valence-corrected chi connectivity index (χ0v) is 20.1. The Morgan fingerprint density at radius 2 is 1.78 bits per heavy atom. The maximum Gasteiger partial charge on any atom is 0.279 e. The molecular weight excluding hydrogens is 472 g/mol. The van der Waals surface area contributed by atoms with Crippen LogP contribution in [0.2, 0.25) is 0 Å². The van der Waals surface area contributed by atoms with Crippen LogP contribution in [0.25, 0.3) is 22.3 Å². The second-order valence-corrected chi connectivity index (χ2v) is 9.77. The number of benzene rings is 1. The van der Waals surface area contributed by atoms with Crippen LogP contribution in [0.4, 0.5) is 0 Å². The van der Waals surface area contributed by atoms with Gasteiger partial charge in [0.1, 0.15) is 0 Å². The maximum absolute atomic E-state index is 13.3. The first-order chi connectivity index (χ1) is 17.7. The number of nitrogens with one attached hydrogen (secondary N) is 2. The molecule has 0 atom stereocenters. The number of pyridine rings is 2. The van der Waals surface area contributed by atoms with E-state index >= 15 is 0 Å². The first-order valence-electron chi connectivity index (χ1n) is 11.7. The molecule has 0 radical (unpaired) electrons. The summed E-state index contributed by atoms with van der Waals surface area (Å²) >= 11 is 1.49. The monoisotopic (exact) mass is 494 g/mol. The molecule has 2 N–H and O–H groups in total. The van der Waals surface area contributed by atoms with Crippen LogP contribution < -0.4 is 10.9 Å². The topological polar surface area (TPSA) is 102 Å². The fraction of sp³-hybridized carbons (Fsp3) is 0.148. The highest BCUT2D eigenvalue weighted by Crippen LogP contribution is 2.30. The van der Waals surface area contributed by atoms with Crippen molar-refractivity contribution in [1.82, 2.24) is 30.6 Å². The van der Waals surface area contributed by atoms with Crippen LogP contribution in [0.15, 0.2) is 73.2 Å². The number of hydrogen-bond acceptors (Lipinski definition) is 6. The molecule has 178 valence electrons. The molecule has 0 saturated heterocycles. The van der Waals surface area contributed by atoms with E-state index in [4.69, 9.17) is 4.98 Å². The summed E-state index contributed by atoms with van der Waals surface area (Å²) in [5.41, 5.74) is 9.90. The Morgan fingerprint density at radius 1 is 0.972 bits per heavy atom. The number of nitrogens with zero attached hydrogens (tertiary/aromatic N) is 4. The van der Waals surface area contributed by atoms with Crippen LogP contribution in [0.1, 0.15) is 42.5 Å². The van der Waals surface area contributed by atoms with Gasteiger partial charge in [-0.05, 0) is 54.7 Å². The molecule has 0 unspecified atom stereocenters. The predicted octanol–water partition coefficient (Wildman–Crippen LogP) is 4.17. The minimum atomic E-state index is -0.430. The van der Waals surface area contributed by atoms with E-state index in [0.29, 0.717) is 33.7 Å². The second-order valence-electron chi connectivity index (χ2n) is 8.64. The van der Waals surface area contributed by atoms with Crippen molar-refractivity contribution in [3.63, 3.8) is 0 Å². The Morgan fingerprint density at radius 3 is 2.58 bits per heavy atom. The van der Waals surface area contributed by atoms with Crippen LogP contribution in [0, 0.1) is 0 Å². The molecule has 0 fully saturated rings. The highest BCUT2D eigenvalue weighted by molar-refractivity contribution is 7.14. The summed E-state index contributed by atoms with van der Waals surface area (Å²) in [5, 5.41) is 5.11. The molecule has 1 aromatic carbocycles. The summed E-state index contributed by atoms with van der Waals surface area (Å²) in [7, 11) is 0. The average Bonchev–Trinajstić information content (AvgIpc) is 3.63. The van der Waals surface area contributed by atoms with Gasteiger partial charge in [-0.25, -0.2) is 9.67 Å². The lowest BCUT2D eigenvalue weighted by Crippen LogP contribution is -2.41.